The Hall–Kier alpha value is -4.71. The number of para-hydroxylation sites is 1. The van der Waals surface area contributed by atoms with Crippen molar-refractivity contribution in [2.75, 3.05) is 14.2 Å². The fraction of sp³-hybridized carbons (Fsp3) is 0.250. The molecule has 0 spiro atoms. The number of aromatic hydroxyl groups is 1. The number of benzene rings is 4. The number of aryl methyl sites for hydroxylation is 7. The second-order valence-electron chi connectivity index (χ2n) is 9.79. The Morgan fingerprint density at radius 1 is 0.500 bits per heavy atom. The zero-order chi connectivity index (χ0) is 31.8. The van der Waals surface area contributed by atoms with Gasteiger partial charge in [0.2, 0.25) is 0 Å². The summed E-state index contributed by atoms with van der Waals surface area (Å²) in [6.45, 7) is 13.6. The Labute approximate surface area is 250 Å². The molecule has 0 radical (unpaired) electrons. The molecule has 0 amide bonds. The lowest BCUT2D eigenvalue weighted by molar-refractivity contribution is 0.111. The highest BCUT2D eigenvalue weighted by molar-refractivity contribution is 5.83. The van der Waals surface area contributed by atoms with Crippen LogP contribution in [0.1, 0.15) is 70.0 Å². The second-order valence-corrected chi connectivity index (χ2v) is 9.79. The lowest BCUT2D eigenvalue weighted by Crippen LogP contribution is -1.94. The molecule has 0 aliphatic heterocycles. The van der Waals surface area contributed by atoms with Gasteiger partial charge in [0.1, 0.15) is 17.2 Å². The van der Waals surface area contributed by atoms with Crippen molar-refractivity contribution in [3.05, 3.63) is 122 Å². The van der Waals surface area contributed by atoms with E-state index in [2.05, 4.69) is 0 Å². The number of rotatable bonds is 5. The number of hydrogen-bond donors (Lipinski definition) is 1. The van der Waals surface area contributed by atoms with Gasteiger partial charge >= 0.3 is 0 Å². The van der Waals surface area contributed by atoms with Gasteiger partial charge in [-0.05, 0) is 94.0 Å². The molecule has 0 heterocycles. The summed E-state index contributed by atoms with van der Waals surface area (Å²) in [5.74, 6) is 1.48. The first-order chi connectivity index (χ1) is 19.9. The predicted molar refractivity (Wildman–Crippen MR) is 170 cm³/mol. The molecule has 0 saturated heterocycles. The van der Waals surface area contributed by atoms with Crippen molar-refractivity contribution in [2.45, 2.75) is 48.5 Å². The summed E-state index contributed by atoms with van der Waals surface area (Å²) >= 11 is 0. The monoisotopic (exact) mass is 570 g/mol. The van der Waals surface area contributed by atoms with Crippen LogP contribution in [-0.2, 0) is 0 Å². The highest BCUT2D eigenvalue weighted by Crippen LogP contribution is 2.25. The maximum atomic E-state index is 10.6. The van der Waals surface area contributed by atoms with E-state index < -0.39 is 0 Å². The Bertz CT molecular complexity index is 1400. The average Bonchev–Trinajstić information content (AvgIpc) is 2.96. The Morgan fingerprint density at radius 3 is 1.14 bits per heavy atom. The van der Waals surface area contributed by atoms with Gasteiger partial charge in [-0.1, -0.05) is 60.2 Å². The molecule has 0 unspecified atom stereocenters. The summed E-state index contributed by atoms with van der Waals surface area (Å²) < 4.78 is 9.93. The van der Waals surface area contributed by atoms with Crippen LogP contribution < -0.4 is 9.47 Å². The van der Waals surface area contributed by atoms with Crippen LogP contribution in [0.2, 0.25) is 0 Å². The largest absolute Gasteiger partial charge is 0.507 e. The van der Waals surface area contributed by atoms with E-state index in [9.17, 15) is 19.5 Å². The van der Waals surface area contributed by atoms with Crippen molar-refractivity contribution in [3.63, 3.8) is 0 Å². The third-order valence-electron chi connectivity index (χ3n) is 6.54. The molecule has 0 aliphatic rings. The molecule has 0 atom stereocenters. The van der Waals surface area contributed by atoms with Gasteiger partial charge in [0.05, 0.1) is 19.8 Å². The standard InChI is InChI=1S/C10H12O.C9H10O3.C9H10O.C8H10O/c1-7-4-8(2)10(6-11)9(3)5-7;1-11-8-4-3-5-9(12-2)7(8)6-10;1-7-4-3-5-8(2)9(7)6-10;1-6-4-3-5-7(2)8(6)9/h4-6H,1-3H3;3-6H,1-2H3;3-6H,1-2H3;3-5,9H,1-2H3. The lowest BCUT2D eigenvalue weighted by atomic mass is 10.0. The van der Waals surface area contributed by atoms with Crippen molar-refractivity contribution in [3.8, 4) is 17.2 Å². The maximum absolute atomic E-state index is 10.6. The van der Waals surface area contributed by atoms with Crippen molar-refractivity contribution in [2.24, 2.45) is 0 Å². The molecule has 0 aliphatic carbocycles. The number of ether oxygens (including phenoxy) is 2. The van der Waals surface area contributed by atoms with Crippen LogP contribution in [-0.4, -0.2) is 38.2 Å². The molecule has 222 valence electrons. The van der Waals surface area contributed by atoms with E-state index in [1.54, 1.807) is 18.2 Å². The molecule has 6 heteroatoms. The van der Waals surface area contributed by atoms with Crippen LogP contribution in [0.15, 0.2) is 66.7 Å². The first-order valence-corrected chi connectivity index (χ1v) is 13.4. The highest BCUT2D eigenvalue weighted by Gasteiger charge is 2.07. The van der Waals surface area contributed by atoms with Crippen molar-refractivity contribution >= 4 is 18.9 Å². The SMILES string of the molecule is COc1cccc(OC)c1C=O.Cc1cc(C)c(C=O)c(C)c1.Cc1cccc(C)c1C=O.Cc1cccc(C)c1O. The van der Waals surface area contributed by atoms with E-state index >= 15 is 0 Å². The quantitative estimate of drug-likeness (QED) is 0.244. The molecule has 0 fully saturated rings. The lowest BCUT2D eigenvalue weighted by Gasteiger charge is -2.06. The average molecular weight is 571 g/mol. The number of carbonyl (C=O) groups is 3. The minimum atomic E-state index is 0.414. The van der Waals surface area contributed by atoms with E-state index in [-0.39, 0.29) is 0 Å². The van der Waals surface area contributed by atoms with Crippen molar-refractivity contribution in [1.82, 2.24) is 0 Å². The fourth-order valence-electron chi connectivity index (χ4n) is 4.19. The van der Waals surface area contributed by atoms with Crippen molar-refractivity contribution in [1.29, 1.82) is 0 Å². The first-order valence-electron chi connectivity index (χ1n) is 13.4. The molecule has 0 bridgehead atoms. The van der Waals surface area contributed by atoms with Crippen LogP contribution in [0.3, 0.4) is 0 Å². The third kappa shape index (κ3) is 10.4. The zero-order valence-corrected chi connectivity index (χ0v) is 26.1. The molecule has 1 N–H and O–H groups in total. The number of carbonyl (C=O) groups excluding carboxylic acids is 3. The van der Waals surface area contributed by atoms with Gasteiger partial charge in [0.25, 0.3) is 0 Å². The summed E-state index contributed by atoms with van der Waals surface area (Å²) in [6.07, 6.45) is 2.55. The molecule has 4 rings (SSSR count). The summed E-state index contributed by atoms with van der Waals surface area (Å²) in [4.78, 5) is 31.6. The topological polar surface area (TPSA) is 89.9 Å². The fourth-order valence-corrected chi connectivity index (χ4v) is 4.19. The van der Waals surface area contributed by atoms with Crippen LogP contribution in [0.25, 0.3) is 0 Å². The molecule has 0 aromatic heterocycles. The molecule has 4 aromatic rings. The second kappa shape index (κ2) is 17.9. The number of phenols is 1. The minimum absolute atomic E-state index is 0.414. The normalized spacial score (nSPS) is 9.45. The van der Waals surface area contributed by atoms with Gasteiger partial charge < -0.3 is 14.6 Å². The Balaban J connectivity index is 0.000000281. The first kappa shape index (κ1) is 35.3. The summed E-state index contributed by atoms with van der Waals surface area (Å²) in [6, 6.07) is 20.8. The van der Waals surface area contributed by atoms with Gasteiger partial charge in [-0.3, -0.25) is 14.4 Å². The molecule has 0 saturated carbocycles. The maximum Gasteiger partial charge on any atom is 0.157 e. The van der Waals surface area contributed by atoms with Gasteiger partial charge in [-0.15, -0.1) is 0 Å². The summed E-state index contributed by atoms with van der Waals surface area (Å²) in [5.41, 5.74) is 9.43. The number of methoxy groups -OCH3 is 2. The molecular weight excluding hydrogens is 528 g/mol. The van der Waals surface area contributed by atoms with Gasteiger partial charge in [-0.25, -0.2) is 0 Å². The van der Waals surface area contributed by atoms with E-state index in [1.807, 2.05) is 97.0 Å². The zero-order valence-electron chi connectivity index (χ0n) is 26.1. The predicted octanol–water partition coefficient (Wildman–Crippen LogP) is 8.07. The molecular formula is C36H42O6. The van der Waals surface area contributed by atoms with Gasteiger partial charge in [0.15, 0.2) is 18.9 Å². The third-order valence-corrected chi connectivity index (χ3v) is 6.54. The number of hydrogen-bond acceptors (Lipinski definition) is 6. The van der Waals surface area contributed by atoms with E-state index in [4.69, 9.17) is 9.47 Å². The number of aldehydes is 3. The molecule has 4 aromatic carbocycles. The smallest absolute Gasteiger partial charge is 0.157 e. The van der Waals surface area contributed by atoms with Crippen LogP contribution in [0.5, 0.6) is 17.2 Å². The summed E-state index contributed by atoms with van der Waals surface area (Å²) in [7, 11) is 3.03. The Morgan fingerprint density at radius 2 is 0.833 bits per heavy atom. The van der Waals surface area contributed by atoms with Gasteiger partial charge in [-0.2, -0.15) is 0 Å². The highest BCUT2D eigenvalue weighted by atomic mass is 16.5. The van der Waals surface area contributed by atoms with Crippen LogP contribution >= 0.6 is 0 Å². The summed E-state index contributed by atoms with van der Waals surface area (Å²) in [5, 5.41) is 9.21. The number of phenolic OH excluding ortho intramolecular Hbond substituents is 1. The van der Waals surface area contributed by atoms with E-state index in [0.717, 1.165) is 63.4 Å². The Kier molecular flexibility index (Phi) is 15.0. The van der Waals surface area contributed by atoms with Crippen LogP contribution in [0, 0.1) is 48.5 Å². The minimum Gasteiger partial charge on any atom is -0.507 e. The molecule has 42 heavy (non-hydrogen) atoms. The van der Waals surface area contributed by atoms with Gasteiger partial charge in [0, 0.05) is 11.1 Å². The van der Waals surface area contributed by atoms with E-state index in [0.29, 0.717) is 22.8 Å². The van der Waals surface area contributed by atoms with E-state index in [1.165, 1.54) is 19.8 Å². The van der Waals surface area contributed by atoms with Crippen molar-refractivity contribution < 1.29 is 29.0 Å². The van der Waals surface area contributed by atoms with Crippen LogP contribution in [0.4, 0.5) is 0 Å². The molecule has 6 nitrogen and oxygen atoms in total.